The molecule has 0 radical (unpaired) electrons. The Balaban J connectivity index is 2.00. The van der Waals surface area contributed by atoms with E-state index in [1.165, 1.54) is 13.2 Å². The number of carbonyl (C=O) groups excluding carboxylic acids is 2. The van der Waals surface area contributed by atoms with Gasteiger partial charge < -0.3 is 19.2 Å². The van der Waals surface area contributed by atoms with Crippen LogP contribution in [-0.2, 0) is 4.74 Å². The molecular weight excluding hydrogens is 298 g/mol. The first-order chi connectivity index (χ1) is 11.2. The fourth-order valence-corrected chi connectivity index (χ4v) is 1.92. The van der Waals surface area contributed by atoms with E-state index in [0.29, 0.717) is 29.4 Å². The van der Waals surface area contributed by atoms with E-state index in [1.807, 2.05) is 6.92 Å². The Labute approximate surface area is 134 Å². The number of methoxy groups -OCH3 is 1. The molecule has 0 amide bonds. The molecule has 2 rings (SSSR count). The van der Waals surface area contributed by atoms with Crippen LogP contribution in [0.3, 0.4) is 0 Å². The number of ether oxygens (including phenoxy) is 3. The highest BCUT2D eigenvalue weighted by molar-refractivity contribution is 5.98. The fourth-order valence-electron chi connectivity index (χ4n) is 1.92. The Kier molecular flexibility index (Phi) is 5.80. The molecule has 0 aliphatic carbocycles. The first kappa shape index (κ1) is 16.6. The standard InChI is InChI=1S/C17H19NO5/c1-3-9-22-15-7-6-12(10-16(15)21-2)17(20)23-11-14(19)13-5-4-8-18-13/h4-8,10,18H,3,9,11H2,1-2H3. The minimum Gasteiger partial charge on any atom is -0.493 e. The Morgan fingerprint density at radius 3 is 2.65 bits per heavy atom. The zero-order chi connectivity index (χ0) is 16.7. The summed E-state index contributed by atoms with van der Waals surface area (Å²) in [6.45, 7) is 2.24. The zero-order valence-electron chi connectivity index (χ0n) is 13.1. The maximum atomic E-state index is 12.0. The molecule has 0 unspecified atom stereocenters. The molecule has 6 heteroatoms. The van der Waals surface area contributed by atoms with Crippen LogP contribution in [-0.4, -0.2) is 37.1 Å². The summed E-state index contributed by atoms with van der Waals surface area (Å²) in [6.07, 6.45) is 2.50. The Bertz CT molecular complexity index is 664. The Hall–Kier alpha value is -2.76. The van der Waals surface area contributed by atoms with Crippen molar-refractivity contribution in [2.45, 2.75) is 13.3 Å². The van der Waals surface area contributed by atoms with E-state index >= 15 is 0 Å². The summed E-state index contributed by atoms with van der Waals surface area (Å²) in [5, 5.41) is 0. The summed E-state index contributed by atoms with van der Waals surface area (Å²) in [7, 11) is 1.50. The molecule has 23 heavy (non-hydrogen) atoms. The molecule has 0 aliphatic heterocycles. The molecule has 6 nitrogen and oxygen atoms in total. The molecule has 0 spiro atoms. The van der Waals surface area contributed by atoms with Crippen LogP contribution >= 0.6 is 0 Å². The second kappa shape index (κ2) is 8.03. The summed E-state index contributed by atoms with van der Waals surface area (Å²) in [4.78, 5) is 26.6. The van der Waals surface area contributed by atoms with Gasteiger partial charge in [0.25, 0.3) is 0 Å². The van der Waals surface area contributed by atoms with Crippen molar-refractivity contribution in [1.82, 2.24) is 4.98 Å². The van der Waals surface area contributed by atoms with Gasteiger partial charge in [0.1, 0.15) is 0 Å². The van der Waals surface area contributed by atoms with Crippen molar-refractivity contribution < 1.29 is 23.8 Å². The Morgan fingerprint density at radius 2 is 2.00 bits per heavy atom. The van der Waals surface area contributed by atoms with Crippen LogP contribution in [0.15, 0.2) is 36.5 Å². The van der Waals surface area contributed by atoms with Gasteiger partial charge in [-0.3, -0.25) is 4.79 Å². The van der Waals surface area contributed by atoms with Crippen molar-refractivity contribution in [3.8, 4) is 11.5 Å². The van der Waals surface area contributed by atoms with Gasteiger partial charge in [-0.1, -0.05) is 6.92 Å². The fraction of sp³-hybridized carbons (Fsp3) is 0.294. The van der Waals surface area contributed by atoms with Crippen LogP contribution < -0.4 is 9.47 Å². The third kappa shape index (κ3) is 4.35. The highest BCUT2D eigenvalue weighted by Gasteiger charge is 2.15. The van der Waals surface area contributed by atoms with E-state index in [1.54, 1.807) is 30.5 Å². The van der Waals surface area contributed by atoms with Crippen molar-refractivity contribution in [1.29, 1.82) is 0 Å². The van der Waals surface area contributed by atoms with Gasteiger partial charge in [-0.15, -0.1) is 0 Å². The smallest absolute Gasteiger partial charge is 0.338 e. The van der Waals surface area contributed by atoms with Gasteiger partial charge in [-0.05, 0) is 36.8 Å². The minimum absolute atomic E-state index is 0.293. The largest absolute Gasteiger partial charge is 0.493 e. The number of aromatic amines is 1. The van der Waals surface area contributed by atoms with Gasteiger partial charge in [0.2, 0.25) is 5.78 Å². The zero-order valence-corrected chi connectivity index (χ0v) is 13.1. The van der Waals surface area contributed by atoms with Crippen LogP contribution in [0, 0.1) is 0 Å². The highest BCUT2D eigenvalue weighted by atomic mass is 16.5. The lowest BCUT2D eigenvalue weighted by atomic mass is 10.2. The van der Waals surface area contributed by atoms with E-state index in [4.69, 9.17) is 14.2 Å². The Morgan fingerprint density at radius 1 is 1.17 bits per heavy atom. The molecule has 0 fully saturated rings. The number of H-pyrrole nitrogens is 1. The second-order valence-electron chi connectivity index (χ2n) is 4.80. The average molecular weight is 317 g/mol. The number of hydrogen-bond acceptors (Lipinski definition) is 5. The lowest BCUT2D eigenvalue weighted by Crippen LogP contribution is -2.14. The number of carbonyl (C=O) groups is 2. The number of rotatable bonds is 8. The summed E-state index contributed by atoms with van der Waals surface area (Å²) < 4.78 is 15.8. The number of Topliss-reactive ketones (excluding diaryl/α,β-unsaturated/α-hetero) is 1. The van der Waals surface area contributed by atoms with Gasteiger partial charge in [0.15, 0.2) is 18.1 Å². The van der Waals surface area contributed by atoms with Gasteiger partial charge in [0.05, 0.1) is 25.0 Å². The van der Waals surface area contributed by atoms with Crippen molar-refractivity contribution in [3.05, 3.63) is 47.8 Å². The molecular formula is C17H19NO5. The minimum atomic E-state index is -0.592. The predicted molar refractivity (Wildman–Crippen MR) is 84.2 cm³/mol. The van der Waals surface area contributed by atoms with Crippen LogP contribution in [0.2, 0.25) is 0 Å². The molecule has 1 heterocycles. The summed E-state index contributed by atoms with van der Waals surface area (Å²) >= 11 is 0. The van der Waals surface area contributed by atoms with Gasteiger partial charge >= 0.3 is 5.97 Å². The number of benzene rings is 1. The van der Waals surface area contributed by atoms with Gasteiger partial charge in [-0.25, -0.2) is 4.79 Å². The van der Waals surface area contributed by atoms with Crippen molar-refractivity contribution in [3.63, 3.8) is 0 Å². The molecule has 122 valence electrons. The first-order valence-corrected chi connectivity index (χ1v) is 7.30. The van der Waals surface area contributed by atoms with E-state index in [-0.39, 0.29) is 12.4 Å². The van der Waals surface area contributed by atoms with E-state index in [2.05, 4.69) is 4.98 Å². The molecule has 2 aromatic rings. The maximum absolute atomic E-state index is 12.0. The highest BCUT2D eigenvalue weighted by Crippen LogP contribution is 2.28. The van der Waals surface area contributed by atoms with Gasteiger partial charge in [0, 0.05) is 6.20 Å². The average Bonchev–Trinajstić information content (AvgIpc) is 3.12. The summed E-state index contributed by atoms with van der Waals surface area (Å²) in [5.41, 5.74) is 0.698. The molecule has 0 bridgehead atoms. The topological polar surface area (TPSA) is 77.6 Å². The second-order valence-corrected chi connectivity index (χ2v) is 4.80. The molecule has 0 aliphatic rings. The lowest BCUT2D eigenvalue weighted by Gasteiger charge is -2.11. The summed E-state index contributed by atoms with van der Waals surface area (Å²) in [6, 6.07) is 8.09. The molecule has 0 saturated carbocycles. The normalized spacial score (nSPS) is 10.2. The first-order valence-electron chi connectivity index (χ1n) is 7.30. The van der Waals surface area contributed by atoms with Crippen molar-refractivity contribution >= 4 is 11.8 Å². The van der Waals surface area contributed by atoms with Crippen LogP contribution in [0.25, 0.3) is 0 Å². The van der Waals surface area contributed by atoms with Gasteiger partial charge in [-0.2, -0.15) is 0 Å². The van der Waals surface area contributed by atoms with Crippen molar-refractivity contribution in [2.75, 3.05) is 20.3 Å². The lowest BCUT2D eigenvalue weighted by molar-refractivity contribution is 0.0473. The number of hydrogen-bond donors (Lipinski definition) is 1. The number of aromatic nitrogens is 1. The van der Waals surface area contributed by atoms with Crippen LogP contribution in [0.1, 0.15) is 34.2 Å². The third-order valence-electron chi connectivity index (χ3n) is 3.09. The molecule has 0 saturated heterocycles. The van der Waals surface area contributed by atoms with Crippen molar-refractivity contribution in [2.24, 2.45) is 0 Å². The number of esters is 1. The molecule has 1 N–H and O–H groups in total. The number of nitrogens with one attached hydrogen (secondary N) is 1. The predicted octanol–water partition coefficient (Wildman–Crippen LogP) is 2.85. The van der Waals surface area contributed by atoms with E-state index in [9.17, 15) is 9.59 Å². The van der Waals surface area contributed by atoms with E-state index < -0.39 is 5.97 Å². The molecule has 0 atom stereocenters. The monoisotopic (exact) mass is 317 g/mol. The van der Waals surface area contributed by atoms with Crippen LogP contribution in [0.5, 0.6) is 11.5 Å². The molecule has 1 aromatic carbocycles. The maximum Gasteiger partial charge on any atom is 0.338 e. The molecule has 1 aromatic heterocycles. The van der Waals surface area contributed by atoms with E-state index in [0.717, 1.165) is 6.42 Å². The third-order valence-corrected chi connectivity index (χ3v) is 3.09. The number of ketones is 1. The summed E-state index contributed by atoms with van der Waals surface area (Å²) in [5.74, 6) is 0.125. The SMILES string of the molecule is CCCOc1ccc(C(=O)OCC(=O)c2ccc[nH]2)cc1OC. The quantitative estimate of drug-likeness (QED) is 0.598. The van der Waals surface area contributed by atoms with Crippen LogP contribution in [0.4, 0.5) is 0 Å².